The molecule has 0 atom stereocenters. The van der Waals surface area contributed by atoms with Gasteiger partial charge >= 0.3 is 0 Å². The summed E-state index contributed by atoms with van der Waals surface area (Å²) in [5, 5.41) is 4.31. The minimum Gasteiger partial charge on any atom is -0.347 e. The Morgan fingerprint density at radius 3 is 2.32 bits per heavy atom. The highest BCUT2D eigenvalue weighted by atomic mass is 32.2. The van der Waals surface area contributed by atoms with Gasteiger partial charge in [-0.25, -0.2) is 17.2 Å². The Hall–Kier alpha value is -3.56. The molecule has 0 unspecified atom stereocenters. The molecule has 0 saturated heterocycles. The van der Waals surface area contributed by atoms with Crippen molar-refractivity contribution in [3.8, 4) is 11.1 Å². The number of carbonyl (C=O) groups is 1. The number of hydrogen-bond donors (Lipinski definition) is 1. The zero-order valence-electron chi connectivity index (χ0n) is 18.0. The van der Waals surface area contributed by atoms with Crippen LogP contribution in [0.2, 0.25) is 0 Å². The van der Waals surface area contributed by atoms with Crippen LogP contribution in [0.25, 0.3) is 11.1 Å². The van der Waals surface area contributed by atoms with Crippen molar-refractivity contribution < 1.29 is 22.0 Å². The van der Waals surface area contributed by atoms with E-state index in [1.54, 1.807) is 5.38 Å². The molecule has 4 aromatic rings. The molecule has 0 radical (unpaired) electrons. The lowest BCUT2D eigenvalue weighted by Gasteiger charge is -2.21. The predicted octanol–water partition coefficient (Wildman–Crippen LogP) is 5.45. The van der Waals surface area contributed by atoms with E-state index in [0.29, 0.717) is 5.56 Å². The summed E-state index contributed by atoms with van der Waals surface area (Å²) in [7, 11) is -3.00. The first-order valence-corrected chi connectivity index (χ1v) is 12.5. The van der Waals surface area contributed by atoms with Crippen LogP contribution in [0.1, 0.15) is 15.2 Å². The molecule has 174 valence electrons. The number of benzene rings is 3. The number of amides is 1. The van der Waals surface area contributed by atoms with E-state index in [4.69, 9.17) is 0 Å². The van der Waals surface area contributed by atoms with Crippen LogP contribution in [0.15, 0.2) is 89.1 Å². The fourth-order valence-corrected chi connectivity index (χ4v) is 6.26. The van der Waals surface area contributed by atoms with Crippen LogP contribution in [0.5, 0.6) is 0 Å². The minimum absolute atomic E-state index is 0.0153. The van der Waals surface area contributed by atoms with Crippen molar-refractivity contribution in [1.82, 2.24) is 5.32 Å². The third-order valence-corrected chi connectivity index (χ3v) is 8.17. The topological polar surface area (TPSA) is 66.5 Å². The maximum atomic E-state index is 13.8. The van der Waals surface area contributed by atoms with E-state index in [1.807, 2.05) is 30.3 Å². The Balaban J connectivity index is 1.78. The summed E-state index contributed by atoms with van der Waals surface area (Å²) < 4.78 is 55.7. The van der Waals surface area contributed by atoms with Gasteiger partial charge in [0.1, 0.15) is 21.4 Å². The number of anilines is 1. The van der Waals surface area contributed by atoms with Gasteiger partial charge in [0, 0.05) is 24.5 Å². The monoisotopic (exact) mass is 498 g/mol. The van der Waals surface area contributed by atoms with Crippen molar-refractivity contribution in [1.29, 1.82) is 0 Å². The molecule has 34 heavy (non-hydrogen) atoms. The van der Waals surface area contributed by atoms with Gasteiger partial charge in [-0.1, -0.05) is 48.5 Å². The molecule has 1 aromatic heterocycles. The van der Waals surface area contributed by atoms with Gasteiger partial charge in [0.25, 0.3) is 15.9 Å². The van der Waals surface area contributed by atoms with Gasteiger partial charge in [0.15, 0.2) is 0 Å². The van der Waals surface area contributed by atoms with Crippen molar-refractivity contribution in [2.24, 2.45) is 0 Å². The van der Waals surface area contributed by atoms with Crippen LogP contribution >= 0.6 is 11.3 Å². The lowest BCUT2D eigenvalue weighted by Crippen LogP contribution is -2.30. The Morgan fingerprint density at radius 2 is 1.65 bits per heavy atom. The first kappa shape index (κ1) is 23.6. The molecular formula is C25H20F2N2O3S2. The smallest absolute Gasteiger partial charge is 0.266 e. The number of nitrogens with one attached hydrogen (secondary N) is 1. The van der Waals surface area contributed by atoms with E-state index in [9.17, 15) is 22.0 Å². The third-order valence-electron chi connectivity index (χ3n) is 5.19. The minimum atomic E-state index is -4.29. The van der Waals surface area contributed by atoms with Gasteiger partial charge in [-0.15, -0.1) is 11.3 Å². The van der Waals surface area contributed by atoms with Crippen molar-refractivity contribution in [3.05, 3.63) is 106 Å². The number of rotatable bonds is 7. The van der Waals surface area contributed by atoms with Gasteiger partial charge in [0.2, 0.25) is 0 Å². The summed E-state index contributed by atoms with van der Waals surface area (Å²) >= 11 is 0.975. The largest absolute Gasteiger partial charge is 0.347 e. The van der Waals surface area contributed by atoms with Crippen molar-refractivity contribution >= 4 is 33.0 Å². The second kappa shape index (κ2) is 9.74. The first-order valence-electron chi connectivity index (χ1n) is 10.2. The fraction of sp³-hybridized carbons (Fsp3) is 0.0800. The van der Waals surface area contributed by atoms with Crippen LogP contribution in [0.3, 0.4) is 0 Å². The molecule has 0 bridgehead atoms. The fourth-order valence-electron chi connectivity index (χ4n) is 3.39. The first-order chi connectivity index (χ1) is 16.3. The van der Waals surface area contributed by atoms with E-state index >= 15 is 0 Å². The number of carbonyl (C=O) groups excluding carboxylic acids is 1. The van der Waals surface area contributed by atoms with Gasteiger partial charge in [-0.2, -0.15) is 0 Å². The molecule has 5 nitrogen and oxygen atoms in total. The summed E-state index contributed by atoms with van der Waals surface area (Å²) in [4.78, 5) is 12.9. The average molecular weight is 499 g/mol. The lowest BCUT2D eigenvalue weighted by molar-refractivity contribution is 0.0952. The van der Waals surface area contributed by atoms with Gasteiger partial charge in [0.05, 0.1) is 5.69 Å². The number of nitrogens with zero attached hydrogens (tertiary/aromatic N) is 1. The molecule has 1 N–H and O–H groups in total. The number of thiophene rings is 1. The summed E-state index contributed by atoms with van der Waals surface area (Å²) in [6.07, 6.45) is 0. The molecule has 0 aliphatic carbocycles. The number of sulfonamides is 1. The molecule has 1 heterocycles. The predicted molar refractivity (Wildman–Crippen MR) is 129 cm³/mol. The molecule has 0 fully saturated rings. The summed E-state index contributed by atoms with van der Waals surface area (Å²) in [6, 6.07) is 19.7. The highest BCUT2D eigenvalue weighted by molar-refractivity contribution is 7.93. The van der Waals surface area contributed by atoms with Crippen molar-refractivity contribution in [2.45, 2.75) is 11.4 Å². The van der Waals surface area contributed by atoms with E-state index in [2.05, 4.69) is 5.32 Å². The Labute approximate surface area is 200 Å². The molecule has 0 saturated carbocycles. The van der Waals surface area contributed by atoms with Crippen LogP contribution in [-0.2, 0) is 16.6 Å². The normalized spacial score (nSPS) is 11.3. The third kappa shape index (κ3) is 4.85. The number of halogens is 2. The van der Waals surface area contributed by atoms with Crippen LogP contribution in [0.4, 0.5) is 14.5 Å². The van der Waals surface area contributed by atoms with Crippen LogP contribution < -0.4 is 9.62 Å². The quantitative estimate of drug-likeness (QED) is 0.369. The number of hydrogen-bond acceptors (Lipinski definition) is 4. The summed E-state index contributed by atoms with van der Waals surface area (Å²) in [5.41, 5.74) is 1.66. The SMILES string of the molecule is CN(c1cccc(F)c1)S(=O)(=O)c1c(-c2ccc(F)cc2)csc1C(=O)NCc1ccccc1. The zero-order chi connectivity index (χ0) is 24.3. The Bertz CT molecular complexity index is 1420. The van der Waals surface area contributed by atoms with Gasteiger partial charge in [-0.05, 0) is 41.5 Å². The maximum Gasteiger partial charge on any atom is 0.266 e. The zero-order valence-corrected chi connectivity index (χ0v) is 19.7. The molecule has 1 amide bonds. The van der Waals surface area contributed by atoms with E-state index in [0.717, 1.165) is 27.3 Å². The summed E-state index contributed by atoms with van der Waals surface area (Å²) in [6.45, 7) is 0.211. The van der Waals surface area contributed by atoms with Gasteiger partial charge < -0.3 is 5.32 Å². The van der Waals surface area contributed by atoms with Crippen molar-refractivity contribution in [2.75, 3.05) is 11.4 Å². The molecule has 0 aliphatic heterocycles. The molecule has 0 spiro atoms. The second-order valence-corrected chi connectivity index (χ2v) is 10.2. The van der Waals surface area contributed by atoms with E-state index in [1.165, 1.54) is 49.5 Å². The molecule has 4 rings (SSSR count). The summed E-state index contributed by atoms with van der Waals surface area (Å²) in [5.74, 6) is -1.63. The standard InChI is InChI=1S/C25H20F2N2O3S2/c1-29(21-9-5-8-20(27)14-21)34(31,32)24-22(18-10-12-19(26)13-11-18)16-33-23(24)25(30)28-15-17-6-3-2-4-7-17/h2-14,16H,15H2,1H3,(H,28,30). The highest BCUT2D eigenvalue weighted by Crippen LogP contribution is 2.38. The molecule has 9 heteroatoms. The average Bonchev–Trinajstić information content (AvgIpc) is 3.29. The molecule has 3 aromatic carbocycles. The van der Waals surface area contributed by atoms with Crippen molar-refractivity contribution in [3.63, 3.8) is 0 Å². The maximum absolute atomic E-state index is 13.8. The van der Waals surface area contributed by atoms with Crippen LogP contribution in [0, 0.1) is 11.6 Å². The van der Waals surface area contributed by atoms with E-state index < -0.39 is 27.6 Å². The van der Waals surface area contributed by atoms with Crippen LogP contribution in [-0.4, -0.2) is 21.4 Å². The Morgan fingerprint density at radius 1 is 0.941 bits per heavy atom. The second-order valence-electron chi connectivity index (χ2n) is 7.44. The lowest BCUT2D eigenvalue weighted by atomic mass is 10.1. The Kier molecular flexibility index (Phi) is 6.76. The van der Waals surface area contributed by atoms with E-state index in [-0.39, 0.29) is 27.6 Å². The van der Waals surface area contributed by atoms with Gasteiger partial charge in [-0.3, -0.25) is 9.10 Å². The highest BCUT2D eigenvalue weighted by Gasteiger charge is 2.32. The molecular weight excluding hydrogens is 478 g/mol. The molecule has 0 aliphatic rings.